The number of aryl methyl sites for hydroxylation is 2. The number of benzene rings is 1. The number of guanidine groups is 1. The second kappa shape index (κ2) is 15.0. The number of aliphatic imine (C=N–C) groups is 1. The lowest BCUT2D eigenvalue weighted by molar-refractivity contribution is 0.110. The largest absolute Gasteiger partial charge is 0.491 e. The lowest BCUT2D eigenvalue weighted by atomic mass is 10.1. The van der Waals surface area contributed by atoms with Crippen LogP contribution in [0.1, 0.15) is 56.0 Å². The number of hydrogen-bond acceptors (Lipinski definition) is 6. The molecule has 31 heavy (non-hydrogen) atoms. The Bertz CT molecular complexity index is 795. The first-order chi connectivity index (χ1) is 14.5. The molecule has 2 N–H and O–H groups in total. The van der Waals surface area contributed by atoms with Crippen molar-refractivity contribution in [3.63, 3.8) is 0 Å². The van der Waals surface area contributed by atoms with Gasteiger partial charge in [-0.25, -0.2) is 0 Å². The summed E-state index contributed by atoms with van der Waals surface area (Å²) in [7, 11) is 1.76. The van der Waals surface area contributed by atoms with Gasteiger partial charge in [0.25, 0.3) is 0 Å². The second-order valence-electron chi connectivity index (χ2n) is 7.31. The van der Waals surface area contributed by atoms with Crippen molar-refractivity contribution in [1.82, 2.24) is 20.8 Å². The van der Waals surface area contributed by atoms with E-state index < -0.39 is 0 Å². The minimum Gasteiger partial charge on any atom is -0.491 e. The number of rotatable bonds is 12. The predicted octanol–water partition coefficient (Wildman–Crippen LogP) is 3.83. The highest BCUT2D eigenvalue weighted by molar-refractivity contribution is 14.0. The van der Waals surface area contributed by atoms with Crippen LogP contribution in [0.5, 0.6) is 5.75 Å². The highest BCUT2D eigenvalue weighted by Gasteiger charge is 2.10. The van der Waals surface area contributed by atoms with Crippen LogP contribution in [-0.4, -0.2) is 49.5 Å². The Morgan fingerprint density at radius 3 is 2.71 bits per heavy atom. The van der Waals surface area contributed by atoms with Crippen LogP contribution in [-0.2, 0) is 17.7 Å². The molecule has 0 bridgehead atoms. The van der Waals surface area contributed by atoms with Gasteiger partial charge < -0.3 is 24.6 Å². The molecule has 2 rings (SSSR count). The molecule has 0 unspecified atom stereocenters. The number of hydrogen-bond donors (Lipinski definition) is 2. The number of nitrogens with one attached hydrogen (secondary N) is 2. The van der Waals surface area contributed by atoms with Crippen molar-refractivity contribution in [3.8, 4) is 5.75 Å². The van der Waals surface area contributed by atoms with Crippen molar-refractivity contribution >= 4 is 29.9 Å². The van der Waals surface area contributed by atoms with Gasteiger partial charge in [0.15, 0.2) is 11.8 Å². The molecule has 1 heterocycles. The molecule has 0 spiro atoms. The van der Waals surface area contributed by atoms with Crippen molar-refractivity contribution < 1.29 is 14.0 Å². The van der Waals surface area contributed by atoms with E-state index in [1.54, 1.807) is 7.05 Å². The highest BCUT2D eigenvalue weighted by Crippen LogP contribution is 2.20. The third kappa shape index (κ3) is 9.86. The molecule has 2 aromatic rings. The smallest absolute Gasteiger partial charge is 0.226 e. The molecule has 0 aliphatic rings. The summed E-state index contributed by atoms with van der Waals surface area (Å²) in [5.41, 5.74) is 2.24. The molecule has 8 nitrogen and oxygen atoms in total. The summed E-state index contributed by atoms with van der Waals surface area (Å²) in [6, 6.07) is 6.21. The molecule has 0 fully saturated rings. The Balaban J connectivity index is 0.00000480. The zero-order valence-electron chi connectivity index (χ0n) is 19.2. The lowest BCUT2D eigenvalue weighted by Crippen LogP contribution is -2.37. The monoisotopic (exact) mass is 545 g/mol. The maximum absolute atomic E-state index is 5.90. The quantitative estimate of drug-likeness (QED) is 0.181. The number of aromatic nitrogens is 2. The first kappa shape index (κ1) is 27.2. The number of halogens is 1. The molecule has 0 amide bonds. The maximum atomic E-state index is 5.90. The summed E-state index contributed by atoms with van der Waals surface area (Å²) in [6.45, 7) is 11.3. The Labute approximate surface area is 202 Å². The fourth-order valence-electron chi connectivity index (χ4n) is 2.75. The summed E-state index contributed by atoms with van der Waals surface area (Å²) in [6.07, 6.45) is 1.61. The summed E-state index contributed by atoms with van der Waals surface area (Å²) in [4.78, 5) is 8.69. The van der Waals surface area contributed by atoms with Gasteiger partial charge in [-0.15, -0.1) is 24.0 Å². The Hall–Kier alpha value is -1.88. The van der Waals surface area contributed by atoms with Crippen LogP contribution in [0.3, 0.4) is 0 Å². The van der Waals surface area contributed by atoms with Crippen molar-refractivity contribution in [2.24, 2.45) is 4.99 Å². The predicted molar refractivity (Wildman–Crippen MR) is 133 cm³/mol. The van der Waals surface area contributed by atoms with E-state index in [1.807, 2.05) is 6.92 Å². The molecule has 1 aromatic carbocycles. The van der Waals surface area contributed by atoms with Gasteiger partial charge in [-0.3, -0.25) is 4.99 Å². The Morgan fingerprint density at radius 2 is 2.03 bits per heavy atom. The van der Waals surface area contributed by atoms with E-state index in [-0.39, 0.29) is 29.9 Å². The maximum Gasteiger partial charge on any atom is 0.226 e. The number of nitrogens with zero attached hydrogens (tertiary/aromatic N) is 3. The molecule has 0 radical (unpaired) electrons. The van der Waals surface area contributed by atoms with E-state index in [4.69, 9.17) is 14.0 Å². The molecule has 0 aliphatic heterocycles. The van der Waals surface area contributed by atoms with Crippen molar-refractivity contribution in [1.29, 1.82) is 0 Å². The van der Waals surface area contributed by atoms with Crippen LogP contribution >= 0.6 is 24.0 Å². The second-order valence-corrected chi connectivity index (χ2v) is 7.31. The third-order valence-corrected chi connectivity index (χ3v) is 4.44. The average Bonchev–Trinajstić information content (AvgIpc) is 3.21. The van der Waals surface area contributed by atoms with Crippen LogP contribution in [0.25, 0.3) is 0 Å². The molecule has 1 aromatic heterocycles. The van der Waals surface area contributed by atoms with Crippen LogP contribution in [0.15, 0.2) is 27.7 Å². The van der Waals surface area contributed by atoms with E-state index in [1.165, 1.54) is 0 Å². The van der Waals surface area contributed by atoms with Crippen LogP contribution in [0.4, 0.5) is 0 Å². The molecule has 0 atom stereocenters. The van der Waals surface area contributed by atoms with E-state index in [2.05, 4.69) is 64.7 Å². The average molecular weight is 545 g/mol. The molecule has 0 saturated carbocycles. The Morgan fingerprint density at radius 1 is 1.23 bits per heavy atom. The third-order valence-electron chi connectivity index (χ3n) is 4.44. The SMILES string of the molecule is CCOCCOc1cc(C)ccc1CNC(=NC)NCCCc1nc(C(C)C)no1.I. The summed E-state index contributed by atoms with van der Waals surface area (Å²) < 4.78 is 16.5. The van der Waals surface area contributed by atoms with Gasteiger partial charge in [0.05, 0.1) is 6.61 Å². The van der Waals surface area contributed by atoms with E-state index >= 15 is 0 Å². The summed E-state index contributed by atoms with van der Waals surface area (Å²) >= 11 is 0. The standard InChI is InChI=1S/C22H35N5O3.HI/c1-6-28-12-13-29-19-14-17(4)9-10-18(19)15-25-22(23-5)24-11-7-8-20-26-21(16(2)3)27-30-20;/h9-10,14,16H,6-8,11-13,15H2,1-5H3,(H2,23,24,25);1H. The van der Waals surface area contributed by atoms with Gasteiger partial charge in [0, 0.05) is 44.6 Å². The van der Waals surface area contributed by atoms with Crippen molar-refractivity contribution in [2.75, 3.05) is 33.4 Å². The van der Waals surface area contributed by atoms with Crippen molar-refractivity contribution in [3.05, 3.63) is 41.0 Å². The normalized spacial score (nSPS) is 11.4. The first-order valence-electron chi connectivity index (χ1n) is 10.6. The fraction of sp³-hybridized carbons (Fsp3) is 0.591. The molecular formula is C22H36IN5O3. The van der Waals surface area contributed by atoms with Gasteiger partial charge in [-0.05, 0) is 31.9 Å². The molecule has 9 heteroatoms. The molecule has 0 saturated heterocycles. The lowest BCUT2D eigenvalue weighted by Gasteiger charge is -2.15. The van der Waals surface area contributed by atoms with Gasteiger partial charge >= 0.3 is 0 Å². The molecule has 0 aliphatic carbocycles. The molecular weight excluding hydrogens is 509 g/mol. The zero-order chi connectivity index (χ0) is 21.8. The zero-order valence-corrected chi connectivity index (χ0v) is 21.6. The summed E-state index contributed by atoms with van der Waals surface area (Å²) in [5, 5.41) is 10.7. The molecule has 174 valence electrons. The van der Waals surface area contributed by atoms with E-state index in [0.717, 1.165) is 48.0 Å². The van der Waals surface area contributed by atoms with Crippen LogP contribution in [0.2, 0.25) is 0 Å². The Kier molecular flexibility index (Phi) is 13.1. The minimum atomic E-state index is 0. The van der Waals surface area contributed by atoms with Crippen molar-refractivity contribution in [2.45, 2.75) is 53.0 Å². The van der Waals surface area contributed by atoms with E-state index in [9.17, 15) is 0 Å². The highest BCUT2D eigenvalue weighted by atomic mass is 127. The number of ether oxygens (including phenoxy) is 2. The van der Waals surface area contributed by atoms with Crippen LogP contribution < -0.4 is 15.4 Å². The summed E-state index contributed by atoms with van der Waals surface area (Å²) in [5.74, 6) is 3.32. The van der Waals surface area contributed by atoms with Gasteiger partial charge in [-0.1, -0.05) is 31.1 Å². The van der Waals surface area contributed by atoms with Gasteiger partial charge in [0.1, 0.15) is 12.4 Å². The van der Waals surface area contributed by atoms with Gasteiger partial charge in [0.2, 0.25) is 5.89 Å². The topological polar surface area (TPSA) is 93.8 Å². The van der Waals surface area contributed by atoms with Gasteiger partial charge in [-0.2, -0.15) is 4.98 Å². The van der Waals surface area contributed by atoms with Crippen LogP contribution in [0, 0.1) is 6.92 Å². The minimum absolute atomic E-state index is 0. The fourth-order valence-corrected chi connectivity index (χ4v) is 2.75. The van der Waals surface area contributed by atoms with E-state index in [0.29, 0.717) is 32.3 Å². The first-order valence-corrected chi connectivity index (χ1v) is 10.6.